The molecule has 0 heterocycles. The molecule has 3 N–H and O–H groups in total. The maximum atomic E-state index is 12.6. The van der Waals surface area contributed by atoms with Crippen molar-refractivity contribution < 1.29 is 43.0 Å². The van der Waals surface area contributed by atoms with Crippen LogP contribution in [-0.2, 0) is 27.9 Å². The summed E-state index contributed by atoms with van der Waals surface area (Å²) in [5.41, 5.74) is 0. The van der Waals surface area contributed by atoms with Crippen molar-refractivity contribution in [3.63, 3.8) is 0 Å². The van der Waals surface area contributed by atoms with Crippen molar-refractivity contribution in [1.82, 2.24) is 0 Å². The molecule has 9 nitrogen and oxygen atoms in total. The molecule has 3 atom stereocenters. The van der Waals surface area contributed by atoms with Crippen molar-refractivity contribution in [3.8, 4) is 0 Å². The van der Waals surface area contributed by atoms with Gasteiger partial charge in [-0.05, 0) is 44.9 Å². The van der Waals surface area contributed by atoms with Crippen LogP contribution in [0, 0.1) is 0 Å². The molecule has 0 saturated heterocycles. The number of esters is 1. The van der Waals surface area contributed by atoms with E-state index in [1.54, 1.807) is 0 Å². The largest absolute Gasteiger partial charge is 0.472 e. The van der Waals surface area contributed by atoms with Gasteiger partial charge in [0.05, 0.1) is 26.4 Å². The first-order valence-corrected chi connectivity index (χ1v) is 23.5. The Morgan fingerprint density at radius 1 is 0.593 bits per heavy atom. The lowest BCUT2D eigenvalue weighted by Gasteiger charge is -2.20. The third-order valence-corrected chi connectivity index (χ3v) is 10.3. The summed E-state index contributed by atoms with van der Waals surface area (Å²) in [6, 6.07) is 0. The Balaban J connectivity index is 4.16. The van der Waals surface area contributed by atoms with E-state index in [-0.39, 0.29) is 19.6 Å². The Hall–Kier alpha value is -1.32. The average Bonchev–Trinajstić information content (AvgIpc) is 3.16. The normalized spacial score (nSPS) is 14.4. The van der Waals surface area contributed by atoms with Crippen LogP contribution in [0.25, 0.3) is 0 Å². The van der Waals surface area contributed by atoms with E-state index in [1.165, 1.54) is 109 Å². The lowest BCUT2D eigenvalue weighted by Crippen LogP contribution is -2.29. The number of unbranched alkanes of at least 4 members (excludes halogenated alkanes) is 22. The van der Waals surface area contributed by atoms with E-state index in [9.17, 15) is 19.4 Å². The number of hydrogen-bond donors (Lipinski definition) is 3. The number of carbonyl (C=O) groups is 1. The zero-order valence-electron chi connectivity index (χ0n) is 34.7. The quantitative estimate of drug-likeness (QED) is 0.0239. The molecule has 0 aliphatic carbocycles. The van der Waals surface area contributed by atoms with E-state index in [0.29, 0.717) is 6.61 Å². The van der Waals surface area contributed by atoms with Crippen molar-refractivity contribution in [2.75, 3.05) is 33.0 Å². The highest BCUT2D eigenvalue weighted by molar-refractivity contribution is 7.47. The number of aliphatic hydroxyl groups excluding tert-OH is 2. The average molecular weight is 787 g/mol. The van der Waals surface area contributed by atoms with Gasteiger partial charge in [-0.3, -0.25) is 13.8 Å². The third kappa shape index (κ3) is 40.3. The Bertz CT molecular complexity index is 939. The van der Waals surface area contributed by atoms with Crippen LogP contribution < -0.4 is 0 Å². The second kappa shape index (κ2) is 41.3. The third-order valence-electron chi connectivity index (χ3n) is 9.34. The SMILES string of the molecule is CC/C=C\C/C=C\C/C=C\CCCCCCCCCC(=O)OC(COCCCCCCCCCCCCCCCCCC)COP(=O)(O)OCC(O)CO. The minimum Gasteiger partial charge on any atom is -0.457 e. The van der Waals surface area contributed by atoms with Gasteiger partial charge in [0.15, 0.2) is 0 Å². The molecule has 0 aromatic carbocycles. The molecule has 0 aliphatic heterocycles. The second-order valence-electron chi connectivity index (χ2n) is 14.7. The topological polar surface area (TPSA) is 132 Å². The van der Waals surface area contributed by atoms with Crippen LogP contribution in [0.5, 0.6) is 0 Å². The molecule has 0 radical (unpaired) electrons. The van der Waals surface area contributed by atoms with Crippen molar-refractivity contribution >= 4 is 13.8 Å². The molecule has 54 heavy (non-hydrogen) atoms. The van der Waals surface area contributed by atoms with Crippen LogP contribution in [-0.4, -0.2) is 66.3 Å². The van der Waals surface area contributed by atoms with E-state index in [1.807, 2.05) is 0 Å². The number of phosphoric ester groups is 1. The van der Waals surface area contributed by atoms with Crippen molar-refractivity contribution in [3.05, 3.63) is 36.5 Å². The Kier molecular flexibility index (Phi) is 40.3. The predicted molar refractivity (Wildman–Crippen MR) is 224 cm³/mol. The minimum atomic E-state index is -4.52. The molecular weight excluding hydrogens is 703 g/mol. The fourth-order valence-electron chi connectivity index (χ4n) is 6.02. The van der Waals surface area contributed by atoms with Gasteiger partial charge in [-0.15, -0.1) is 0 Å². The molecule has 0 aliphatic rings. The zero-order valence-corrected chi connectivity index (χ0v) is 35.6. The van der Waals surface area contributed by atoms with Crippen LogP contribution in [0.4, 0.5) is 0 Å². The Morgan fingerprint density at radius 3 is 1.59 bits per heavy atom. The van der Waals surface area contributed by atoms with Gasteiger partial charge in [-0.25, -0.2) is 4.57 Å². The molecule has 318 valence electrons. The summed E-state index contributed by atoms with van der Waals surface area (Å²) in [5.74, 6) is -0.391. The number of allylic oxidation sites excluding steroid dienone is 6. The molecule has 10 heteroatoms. The summed E-state index contributed by atoms with van der Waals surface area (Å²) in [5, 5.41) is 18.3. The van der Waals surface area contributed by atoms with Crippen molar-refractivity contribution in [1.29, 1.82) is 0 Å². The first-order valence-electron chi connectivity index (χ1n) is 22.0. The molecule has 0 rings (SSSR count). The van der Waals surface area contributed by atoms with Gasteiger partial charge in [0.1, 0.15) is 12.2 Å². The molecule has 0 aromatic rings. The van der Waals surface area contributed by atoms with Gasteiger partial charge in [0.25, 0.3) is 0 Å². The first-order chi connectivity index (χ1) is 26.3. The highest BCUT2D eigenvalue weighted by Gasteiger charge is 2.26. The summed E-state index contributed by atoms with van der Waals surface area (Å²) in [7, 11) is -4.52. The molecule has 0 amide bonds. The minimum absolute atomic E-state index is 0.0479. The van der Waals surface area contributed by atoms with Gasteiger partial charge < -0.3 is 24.6 Å². The maximum absolute atomic E-state index is 12.6. The van der Waals surface area contributed by atoms with Crippen LogP contribution >= 0.6 is 7.82 Å². The molecular formula is C44H83O9P. The molecule has 0 fully saturated rings. The fraction of sp³-hybridized carbons (Fsp3) is 0.841. The summed E-state index contributed by atoms with van der Waals surface area (Å²) in [6.07, 6.45) is 43.8. The number of ether oxygens (including phenoxy) is 2. The predicted octanol–water partition coefficient (Wildman–Crippen LogP) is 12.0. The summed E-state index contributed by atoms with van der Waals surface area (Å²) < 4.78 is 33.4. The first kappa shape index (κ1) is 52.7. The van der Waals surface area contributed by atoms with Gasteiger partial charge >= 0.3 is 13.8 Å². The number of hydrogen-bond acceptors (Lipinski definition) is 8. The zero-order chi connectivity index (χ0) is 39.6. The number of phosphoric acid groups is 1. The molecule has 0 aromatic heterocycles. The second-order valence-corrected chi connectivity index (χ2v) is 16.1. The van der Waals surface area contributed by atoms with Crippen LogP contribution in [0.15, 0.2) is 36.5 Å². The van der Waals surface area contributed by atoms with Crippen LogP contribution in [0.2, 0.25) is 0 Å². The highest BCUT2D eigenvalue weighted by Crippen LogP contribution is 2.43. The van der Waals surface area contributed by atoms with Crippen molar-refractivity contribution in [2.24, 2.45) is 0 Å². The standard InChI is InChI=1S/C44H83O9P/c1-3-5-7-9-11-13-15-17-19-21-22-24-26-28-30-32-34-36-44(47)53-43(41-52-54(48,49)51-39-42(46)38-45)40-50-37-35-33-31-29-27-25-23-20-18-16-14-12-10-8-6-4-2/h5,7,11,13,17,19,42-43,45-46H,3-4,6,8-10,12,14-16,18,20-41H2,1-2H3,(H,48,49)/b7-5-,13-11-,19-17-. The van der Waals surface area contributed by atoms with Crippen LogP contribution in [0.3, 0.4) is 0 Å². The number of carbonyl (C=O) groups excluding carboxylic acids is 1. The molecule has 0 saturated carbocycles. The Morgan fingerprint density at radius 2 is 1.06 bits per heavy atom. The van der Waals surface area contributed by atoms with Gasteiger partial charge in [-0.1, -0.05) is 179 Å². The smallest absolute Gasteiger partial charge is 0.457 e. The van der Waals surface area contributed by atoms with E-state index >= 15 is 0 Å². The monoisotopic (exact) mass is 787 g/mol. The van der Waals surface area contributed by atoms with Gasteiger partial charge in [-0.2, -0.15) is 0 Å². The summed E-state index contributed by atoms with van der Waals surface area (Å²) >= 11 is 0. The lowest BCUT2D eigenvalue weighted by atomic mass is 10.0. The maximum Gasteiger partial charge on any atom is 0.472 e. The molecule has 0 bridgehead atoms. The van der Waals surface area contributed by atoms with E-state index in [4.69, 9.17) is 23.6 Å². The van der Waals surface area contributed by atoms with E-state index < -0.39 is 39.2 Å². The molecule has 3 unspecified atom stereocenters. The fourth-order valence-corrected chi connectivity index (χ4v) is 6.81. The Labute approximate surface area is 331 Å². The number of aliphatic hydroxyl groups is 2. The lowest BCUT2D eigenvalue weighted by molar-refractivity contribution is -0.154. The van der Waals surface area contributed by atoms with Gasteiger partial charge in [0.2, 0.25) is 0 Å². The van der Waals surface area contributed by atoms with E-state index in [0.717, 1.165) is 64.2 Å². The molecule has 0 spiro atoms. The summed E-state index contributed by atoms with van der Waals surface area (Å²) in [6.45, 7) is 3.42. The number of rotatable bonds is 42. The van der Waals surface area contributed by atoms with Crippen molar-refractivity contribution in [2.45, 2.75) is 206 Å². The van der Waals surface area contributed by atoms with Gasteiger partial charge in [0, 0.05) is 13.0 Å². The van der Waals surface area contributed by atoms with Crippen LogP contribution in [0.1, 0.15) is 194 Å². The highest BCUT2D eigenvalue weighted by atomic mass is 31.2. The van der Waals surface area contributed by atoms with E-state index in [2.05, 4.69) is 50.3 Å². The summed E-state index contributed by atoms with van der Waals surface area (Å²) in [4.78, 5) is 22.6.